The van der Waals surface area contributed by atoms with Gasteiger partial charge in [0.2, 0.25) is 5.91 Å². The molecular formula is C19H23FN2O2. The summed E-state index contributed by atoms with van der Waals surface area (Å²) in [6, 6.07) is 13.9. The first-order chi connectivity index (χ1) is 11.5. The molecule has 0 aliphatic heterocycles. The molecule has 0 aromatic heterocycles. The molecule has 2 aromatic carbocycles. The molecule has 24 heavy (non-hydrogen) atoms. The lowest BCUT2D eigenvalue weighted by molar-refractivity contribution is -0.120. The van der Waals surface area contributed by atoms with E-state index in [-0.39, 0.29) is 17.7 Å². The summed E-state index contributed by atoms with van der Waals surface area (Å²) in [5.74, 6) is -0.263. The first-order valence-corrected chi connectivity index (χ1v) is 7.97. The van der Waals surface area contributed by atoms with Crippen LogP contribution in [-0.4, -0.2) is 30.5 Å². The maximum absolute atomic E-state index is 13.8. The second kappa shape index (κ2) is 8.45. The normalized spacial score (nSPS) is 12.0. The Morgan fingerprint density at radius 1 is 1.25 bits per heavy atom. The lowest BCUT2D eigenvalue weighted by atomic mass is 10.1. The van der Waals surface area contributed by atoms with Crippen LogP contribution in [0, 0.1) is 5.82 Å². The number of carbonyl (C=O) groups is 1. The van der Waals surface area contributed by atoms with E-state index in [9.17, 15) is 9.18 Å². The van der Waals surface area contributed by atoms with Gasteiger partial charge >= 0.3 is 0 Å². The fourth-order valence-electron chi connectivity index (χ4n) is 2.50. The molecule has 0 heterocycles. The molecule has 0 spiro atoms. The van der Waals surface area contributed by atoms with Crippen LogP contribution < -0.4 is 10.1 Å². The van der Waals surface area contributed by atoms with Crippen LogP contribution in [0.25, 0.3) is 0 Å². The highest BCUT2D eigenvalue weighted by Gasteiger charge is 2.20. The molecule has 1 unspecified atom stereocenters. The van der Waals surface area contributed by atoms with E-state index in [2.05, 4.69) is 5.32 Å². The number of anilines is 1. The Labute approximate surface area is 142 Å². The van der Waals surface area contributed by atoms with Gasteiger partial charge in [-0.3, -0.25) is 9.69 Å². The van der Waals surface area contributed by atoms with Crippen LogP contribution in [0.1, 0.15) is 19.4 Å². The van der Waals surface area contributed by atoms with Crippen LogP contribution in [0.5, 0.6) is 5.75 Å². The summed E-state index contributed by atoms with van der Waals surface area (Å²) in [7, 11) is 1.44. The first-order valence-electron chi connectivity index (χ1n) is 7.97. The maximum Gasteiger partial charge on any atom is 0.241 e. The molecule has 128 valence electrons. The SMILES string of the molecule is CCN(Cc1ccc(OC)c(F)c1)C(C)C(=O)Nc1ccccc1. The molecule has 0 bridgehead atoms. The van der Waals surface area contributed by atoms with E-state index < -0.39 is 5.82 Å². The van der Waals surface area contributed by atoms with Gasteiger partial charge in [-0.1, -0.05) is 31.2 Å². The fraction of sp³-hybridized carbons (Fsp3) is 0.316. The van der Waals surface area contributed by atoms with Gasteiger partial charge in [-0.2, -0.15) is 0 Å². The standard InChI is InChI=1S/C19H23FN2O2/c1-4-22(13-15-10-11-18(24-3)17(20)12-15)14(2)19(23)21-16-8-6-5-7-9-16/h5-12,14H,4,13H2,1-3H3,(H,21,23). The smallest absolute Gasteiger partial charge is 0.241 e. The Morgan fingerprint density at radius 3 is 2.54 bits per heavy atom. The average Bonchev–Trinajstić information content (AvgIpc) is 2.60. The molecule has 5 heteroatoms. The molecule has 4 nitrogen and oxygen atoms in total. The van der Waals surface area contributed by atoms with Crippen molar-refractivity contribution in [3.05, 3.63) is 59.9 Å². The quantitative estimate of drug-likeness (QED) is 0.842. The molecule has 1 N–H and O–H groups in total. The number of hydrogen-bond acceptors (Lipinski definition) is 3. The highest BCUT2D eigenvalue weighted by atomic mass is 19.1. The summed E-state index contributed by atoms with van der Waals surface area (Å²) in [6.45, 7) is 4.99. The summed E-state index contributed by atoms with van der Waals surface area (Å²) < 4.78 is 18.8. The van der Waals surface area contributed by atoms with Crippen molar-refractivity contribution < 1.29 is 13.9 Å². The number of amides is 1. The van der Waals surface area contributed by atoms with Crippen molar-refractivity contribution >= 4 is 11.6 Å². The predicted octanol–water partition coefficient (Wildman–Crippen LogP) is 3.68. The molecular weight excluding hydrogens is 307 g/mol. The third-order valence-electron chi connectivity index (χ3n) is 3.98. The molecule has 0 saturated heterocycles. The first kappa shape index (κ1) is 17.9. The van der Waals surface area contributed by atoms with Crippen molar-refractivity contribution in [3.63, 3.8) is 0 Å². The number of nitrogens with one attached hydrogen (secondary N) is 1. The Morgan fingerprint density at radius 2 is 1.96 bits per heavy atom. The highest BCUT2D eigenvalue weighted by molar-refractivity contribution is 5.94. The van der Waals surface area contributed by atoms with Crippen LogP contribution in [0.4, 0.5) is 10.1 Å². The Kier molecular flexibility index (Phi) is 6.32. The Hall–Kier alpha value is -2.40. The number of likely N-dealkylation sites (N-methyl/N-ethyl adjacent to an activating group) is 1. The van der Waals surface area contributed by atoms with E-state index in [1.54, 1.807) is 6.07 Å². The van der Waals surface area contributed by atoms with Gasteiger partial charge in [-0.05, 0) is 43.3 Å². The van der Waals surface area contributed by atoms with E-state index in [0.717, 1.165) is 11.3 Å². The third kappa shape index (κ3) is 4.55. The van der Waals surface area contributed by atoms with Gasteiger partial charge in [0.15, 0.2) is 11.6 Å². The predicted molar refractivity (Wildman–Crippen MR) is 93.6 cm³/mol. The number of nitrogens with zero attached hydrogens (tertiary/aromatic N) is 1. The van der Waals surface area contributed by atoms with Gasteiger partial charge < -0.3 is 10.1 Å². The maximum atomic E-state index is 13.8. The number of methoxy groups -OCH3 is 1. The summed E-state index contributed by atoms with van der Waals surface area (Å²) in [6.07, 6.45) is 0. The van der Waals surface area contributed by atoms with Crippen LogP contribution >= 0.6 is 0 Å². The zero-order chi connectivity index (χ0) is 17.5. The van der Waals surface area contributed by atoms with Crippen LogP contribution in [0.3, 0.4) is 0 Å². The van der Waals surface area contributed by atoms with Crippen LogP contribution in [-0.2, 0) is 11.3 Å². The topological polar surface area (TPSA) is 41.6 Å². The van der Waals surface area contributed by atoms with Crippen LogP contribution in [0.2, 0.25) is 0 Å². The van der Waals surface area contributed by atoms with Gasteiger partial charge in [-0.25, -0.2) is 4.39 Å². The lowest BCUT2D eigenvalue weighted by Crippen LogP contribution is -2.41. The zero-order valence-electron chi connectivity index (χ0n) is 14.3. The number of rotatable bonds is 7. The summed E-state index contributed by atoms with van der Waals surface area (Å²) in [5, 5.41) is 2.90. The largest absolute Gasteiger partial charge is 0.494 e. The van der Waals surface area contributed by atoms with Crippen molar-refractivity contribution in [2.24, 2.45) is 0 Å². The number of hydrogen-bond donors (Lipinski definition) is 1. The fourth-order valence-corrected chi connectivity index (χ4v) is 2.50. The molecule has 2 rings (SSSR count). The van der Waals surface area contributed by atoms with Crippen molar-refractivity contribution in [2.45, 2.75) is 26.4 Å². The molecule has 1 atom stereocenters. The number of carbonyl (C=O) groups excluding carboxylic acids is 1. The van der Waals surface area contributed by atoms with Gasteiger partial charge in [0, 0.05) is 12.2 Å². The average molecular weight is 330 g/mol. The van der Waals surface area contributed by atoms with Gasteiger partial charge in [0.25, 0.3) is 0 Å². The minimum atomic E-state index is -0.396. The van der Waals surface area contributed by atoms with Gasteiger partial charge in [-0.15, -0.1) is 0 Å². The Balaban J connectivity index is 2.04. The van der Waals surface area contributed by atoms with Crippen LogP contribution in [0.15, 0.2) is 48.5 Å². The minimum absolute atomic E-state index is 0.0861. The van der Waals surface area contributed by atoms with E-state index >= 15 is 0 Å². The van der Waals surface area contributed by atoms with Gasteiger partial charge in [0.1, 0.15) is 0 Å². The second-order valence-electron chi connectivity index (χ2n) is 5.56. The number of halogens is 1. The molecule has 0 radical (unpaired) electrons. The highest BCUT2D eigenvalue weighted by Crippen LogP contribution is 2.19. The second-order valence-corrected chi connectivity index (χ2v) is 5.56. The lowest BCUT2D eigenvalue weighted by Gasteiger charge is -2.27. The molecule has 0 aliphatic carbocycles. The van der Waals surface area contributed by atoms with Crippen molar-refractivity contribution in [1.82, 2.24) is 4.90 Å². The van der Waals surface area contributed by atoms with Crippen molar-refractivity contribution in [1.29, 1.82) is 0 Å². The summed E-state index contributed by atoms with van der Waals surface area (Å²) >= 11 is 0. The number of ether oxygens (including phenoxy) is 1. The van der Waals surface area contributed by atoms with E-state index in [4.69, 9.17) is 4.74 Å². The van der Waals surface area contributed by atoms with Gasteiger partial charge in [0.05, 0.1) is 13.2 Å². The van der Waals surface area contributed by atoms with Crippen molar-refractivity contribution in [2.75, 3.05) is 19.0 Å². The monoisotopic (exact) mass is 330 g/mol. The summed E-state index contributed by atoms with van der Waals surface area (Å²) in [4.78, 5) is 14.4. The molecule has 1 amide bonds. The molecule has 0 saturated carbocycles. The minimum Gasteiger partial charge on any atom is -0.494 e. The number of benzene rings is 2. The molecule has 0 fully saturated rings. The molecule has 2 aromatic rings. The molecule has 0 aliphatic rings. The van der Waals surface area contributed by atoms with Crippen molar-refractivity contribution in [3.8, 4) is 5.75 Å². The van der Waals surface area contributed by atoms with E-state index in [1.165, 1.54) is 13.2 Å². The third-order valence-corrected chi connectivity index (χ3v) is 3.98. The Bertz CT molecular complexity index is 676. The van der Waals surface area contributed by atoms with E-state index in [1.807, 2.05) is 55.1 Å². The summed E-state index contributed by atoms with van der Waals surface area (Å²) in [5.41, 5.74) is 1.57. The number of para-hydroxylation sites is 1. The zero-order valence-corrected chi connectivity index (χ0v) is 14.3. The van der Waals surface area contributed by atoms with E-state index in [0.29, 0.717) is 13.1 Å².